The summed E-state index contributed by atoms with van der Waals surface area (Å²) < 4.78 is 10.7. The molecule has 1 saturated heterocycles. The minimum absolute atomic E-state index is 0.806. The summed E-state index contributed by atoms with van der Waals surface area (Å²) in [5, 5.41) is 0. The standard InChI is InChI=1S/C13H19NO2/c1-15-12-4-6-13(7-5-12)16-11-3-2-8-14-9-10-14/h4-7H,2-3,8-11H2,1H3. The van der Waals surface area contributed by atoms with E-state index in [4.69, 9.17) is 9.47 Å². The highest BCUT2D eigenvalue weighted by Crippen LogP contribution is 2.17. The van der Waals surface area contributed by atoms with Crippen molar-refractivity contribution in [3.05, 3.63) is 24.3 Å². The van der Waals surface area contributed by atoms with Crippen LogP contribution in [0, 0.1) is 0 Å². The van der Waals surface area contributed by atoms with Gasteiger partial charge in [0.05, 0.1) is 13.7 Å². The van der Waals surface area contributed by atoms with Gasteiger partial charge < -0.3 is 14.4 Å². The van der Waals surface area contributed by atoms with Crippen molar-refractivity contribution in [1.29, 1.82) is 0 Å². The first-order chi connectivity index (χ1) is 7.88. The normalized spacial score (nSPS) is 14.8. The van der Waals surface area contributed by atoms with Gasteiger partial charge in [-0.3, -0.25) is 0 Å². The van der Waals surface area contributed by atoms with Crippen molar-refractivity contribution in [3.63, 3.8) is 0 Å². The zero-order chi connectivity index (χ0) is 11.2. The van der Waals surface area contributed by atoms with Crippen LogP contribution in [-0.2, 0) is 0 Å². The molecule has 0 N–H and O–H groups in total. The molecule has 3 heteroatoms. The van der Waals surface area contributed by atoms with Crippen molar-refractivity contribution in [2.45, 2.75) is 12.8 Å². The second-order valence-corrected chi connectivity index (χ2v) is 4.07. The molecule has 0 unspecified atom stereocenters. The Bertz CT molecular complexity index is 306. The molecule has 1 aromatic carbocycles. The number of rotatable bonds is 7. The van der Waals surface area contributed by atoms with Gasteiger partial charge >= 0.3 is 0 Å². The molecule has 0 radical (unpaired) electrons. The number of unbranched alkanes of at least 4 members (excludes halogenated alkanes) is 1. The first kappa shape index (κ1) is 11.3. The van der Waals surface area contributed by atoms with Gasteiger partial charge in [0.25, 0.3) is 0 Å². The Balaban J connectivity index is 1.60. The average molecular weight is 221 g/mol. The molecular formula is C13H19NO2. The van der Waals surface area contributed by atoms with Crippen molar-refractivity contribution < 1.29 is 9.47 Å². The highest BCUT2D eigenvalue weighted by Gasteiger charge is 2.15. The highest BCUT2D eigenvalue weighted by atomic mass is 16.5. The number of methoxy groups -OCH3 is 1. The summed E-state index contributed by atoms with van der Waals surface area (Å²) in [4.78, 5) is 2.44. The Morgan fingerprint density at radius 3 is 2.38 bits per heavy atom. The zero-order valence-electron chi connectivity index (χ0n) is 9.82. The van der Waals surface area contributed by atoms with E-state index in [1.807, 2.05) is 24.3 Å². The second-order valence-electron chi connectivity index (χ2n) is 4.07. The molecule has 16 heavy (non-hydrogen) atoms. The van der Waals surface area contributed by atoms with Crippen LogP contribution in [0.15, 0.2) is 24.3 Å². The molecule has 0 amide bonds. The Hall–Kier alpha value is -1.22. The maximum absolute atomic E-state index is 5.63. The Morgan fingerprint density at radius 2 is 1.75 bits per heavy atom. The van der Waals surface area contributed by atoms with Crippen molar-refractivity contribution in [2.75, 3.05) is 33.4 Å². The minimum Gasteiger partial charge on any atom is -0.497 e. The number of hydrogen-bond donors (Lipinski definition) is 0. The summed E-state index contributed by atoms with van der Waals surface area (Å²) in [5.74, 6) is 1.79. The molecule has 88 valence electrons. The molecule has 1 aliphatic rings. The van der Waals surface area contributed by atoms with Crippen molar-refractivity contribution >= 4 is 0 Å². The van der Waals surface area contributed by atoms with Crippen LogP contribution in [-0.4, -0.2) is 38.3 Å². The van der Waals surface area contributed by atoms with Crippen LogP contribution in [0.5, 0.6) is 11.5 Å². The summed E-state index contributed by atoms with van der Waals surface area (Å²) in [6, 6.07) is 7.74. The molecule has 3 nitrogen and oxygen atoms in total. The van der Waals surface area contributed by atoms with Crippen LogP contribution in [0.3, 0.4) is 0 Å². The number of nitrogens with zero attached hydrogens (tertiary/aromatic N) is 1. The van der Waals surface area contributed by atoms with Crippen LogP contribution < -0.4 is 9.47 Å². The number of hydrogen-bond acceptors (Lipinski definition) is 3. The predicted molar refractivity (Wildman–Crippen MR) is 64.2 cm³/mol. The topological polar surface area (TPSA) is 21.5 Å². The molecular weight excluding hydrogens is 202 g/mol. The first-order valence-electron chi connectivity index (χ1n) is 5.88. The Morgan fingerprint density at radius 1 is 1.06 bits per heavy atom. The molecule has 0 spiro atoms. The lowest BCUT2D eigenvalue weighted by atomic mass is 10.3. The molecule has 1 aliphatic heterocycles. The van der Waals surface area contributed by atoms with Crippen LogP contribution in [0.4, 0.5) is 0 Å². The van der Waals surface area contributed by atoms with Crippen LogP contribution in [0.2, 0.25) is 0 Å². The predicted octanol–water partition coefficient (Wildman–Crippen LogP) is 2.17. The molecule has 0 aromatic heterocycles. The van der Waals surface area contributed by atoms with E-state index < -0.39 is 0 Å². The van der Waals surface area contributed by atoms with Gasteiger partial charge in [0, 0.05) is 13.1 Å². The highest BCUT2D eigenvalue weighted by molar-refractivity contribution is 5.31. The Labute approximate surface area is 97.0 Å². The smallest absolute Gasteiger partial charge is 0.119 e. The van der Waals surface area contributed by atoms with Gasteiger partial charge in [0.2, 0.25) is 0 Å². The van der Waals surface area contributed by atoms with E-state index in [1.165, 1.54) is 26.1 Å². The third-order valence-electron chi connectivity index (χ3n) is 2.74. The van der Waals surface area contributed by atoms with Gasteiger partial charge in [-0.05, 0) is 43.7 Å². The summed E-state index contributed by atoms with van der Waals surface area (Å²) in [7, 11) is 1.67. The van der Waals surface area contributed by atoms with Crippen LogP contribution in [0.1, 0.15) is 12.8 Å². The van der Waals surface area contributed by atoms with E-state index >= 15 is 0 Å². The van der Waals surface area contributed by atoms with Crippen LogP contribution in [0.25, 0.3) is 0 Å². The maximum Gasteiger partial charge on any atom is 0.119 e. The lowest BCUT2D eigenvalue weighted by Crippen LogP contribution is -2.03. The lowest BCUT2D eigenvalue weighted by Gasteiger charge is -2.07. The summed E-state index contributed by atoms with van der Waals surface area (Å²) in [5.41, 5.74) is 0. The molecule has 1 heterocycles. The van der Waals surface area contributed by atoms with E-state index in [0.717, 1.165) is 24.5 Å². The van der Waals surface area contributed by atoms with E-state index in [1.54, 1.807) is 7.11 Å². The zero-order valence-corrected chi connectivity index (χ0v) is 9.82. The first-order valence-corrected chi connectivity index (χ1v) is 5.88. The second kappa shape index (κ2) is 5.75. The molecule has 0 saturated carbocycles. The SMILES string of the molecule is COc1ccc(OCCCCN2CC2)cc1. The molecule has 1 fully saturated rings. The van der Waals surface area contributed by atoms with Gasteiger partial charge in [-0.1, -0.05) is 0 Å². The summed E-state index contributed by atoms with van der Waals surface area (Å²) >= 11 is 0. The summed E-state index contributed by atoms with van der Waals surface area (Å²) in [6.45, 7) is 4.62. The number of ether oxygens (including phenoxy) is 2. The molecule has 0 atom stereocenters. The van der Waals surface area contributed by atoms with E-state index in [-0.39, 0.29) is 0 Å². The fourth-order valence-corrected chi connectivity index (χ4v) is 1.59. The van der Waals surface area contributed by atoms with E-state index in [9.17, 15) is 0 Å². The fraction of sp³-hybridized carbons (Fsp3) is 0.538. The van der Waals surface area contributed by atoms with Gasteiger partial charge in [0.1, 0.15) is 11.5 Å². The number of benzene rings is 1. The third-order valence-corrected chi connectivity index (χ3v) is 2.74. The van der Waals surface area contributed by atoms with Gasteiger partial charge in [-0.15, -0.1) is 0 Å². The van der Waals surface area contributed by atoms with Gasteiger partial charge in [-0.25, -0.2) is 0 Å². The quantitative estimate of drug-likeness (QED) is 0.520. The maximum atomic E-state index is 5.63. The van der Waals surface area contributed by atoms with Crippen LogP contribution >= 0.6 is 0 Å². The molecule has 0 bridgehead atoms. The average Bonchev–Trinajstić information content (AvgIpc) is 3.13. The third kappa shape index (κ3) is 3.74. The van der Waals surface area contributed by atoms with Gasteiger partial charge in [0.15, 0.2) is 0 Å². The van der Waals surface area contributed by atoms with Crippen molar-refractivity contribution in [3.8, 4) is 11.5 Å². The molecule has 2 rings (SSSR count). The van der Waals surface area contributed by atoms with Gasteiger partial charge in [-0.2, -0.15) is 0 Å². The largest absolute Gasteiger partial charge is 0.497 e. The molecule has 1 aromatic rings. The fourth-order valence-electron chi connectivity index (χ4n) is 1.59. The van der Waals surface area contributed by atoms with Crippen molar-refractivity contribution in [1.82, 2.24) is 4.90 Å². The van der Waals surface area contributed by atoms with E-state index in [2.05, 4.69) is 4.90 Å². The van der Waals surface area contributed by atoms with Crippen molar-refractivity contribution in [2.24, 2.45) is 0 Å². The Kier molecular flexibility index (Phi) is 4.05. The lowest BCUT2D eigenvalue weighted by molar-refractivity contribution is 0.301. The van der Waals surface area contributed by atoms with E-state index in [0.29, 0.717) is 0 Å². The summed E-state index contributed by atoms with van der Waals surface area (Å²) in [6.07, 6.45) is 2.36. The minimum atomic E-state index is 0.806. The molecule has 0 aliphatic carbocycles. The monoisotopic (exact) mass is 221 g/mol.